The predicted molar refractivity (Wildman–Crippen MR) is 97.1 cm³/mol. The summed E-state index contributed by atoms with van der Waals surface area (Å²) in [5.74, 6) is 1.15. The fourth-order valence-electron chi connectivity index (χ4n) is 2.51. The number of aryl methyl sites for hydroxylation is 1. The molecule has 0 amide bonds. The Morgan fingerprint density at radius 1 is 1.20 bits per heavy atom. The molecule has 0 saturated heterocycles. The third-order valence-electron chi connectivity index (χ3n) is 3.90. The smallest absolute Gasteiger partial charge is 0.0730 e. The van der Waals surface area contributed by atoms with Gasteiger partial charge in [-0.1, -0.05) is 66.5 Å². The zero-order valence-corrected chi connectivity index (χ0v) is 16.1. The van der Waals surface area contributed by atoms with E-state index >= 15 is 0 Å². The highest BCUT2D eigenvalue weighted by molar-refractivity contribution is 9.11. The lowest BCUT2D eigenvalue weighted by atomic mass is 9.82. The van der Waals surface area contributed by atoms with Gasteiger partial charge in [-0.05, 0) is 46.0 Å². The number of alkyl halides is 1. The molecule has 3 unspecified atom stereocenters. The number of halogens is 2. The van der Waals surface area contributed by atoms with Gasteiger partial charge in [0.2, 0.25) is 0 Å². The van der Waals surface area contributed by atoms with Gasteiger partial charge in [-0.2, -0.15) is 0 Å². The minimum Gasteiger partial charge on any atom is -0.132 e. The molecule has 2 rings (SSSR count). The Balaban J connectivity index is 2.36. The maximum Gasteiger partial charge on any atom is 0.0730 e. The van der Waals surface area contributed by atoms with Crippen LogP contribution in [0.15, 0.2) is 40.2 Å². The summed E-state index contributed by atoms with van der Waals surface area (Å²) in [5.41, 5.74) is 2.75. The van der Waals surface area contributed by atoms with Crippen molar-refractivity contribution in [2.24, 2.45) is 5.92 Å². The van der Waals surface area contributed by atoms with Crippen molar-refractivity contribution in [3.05, 3.63) is 56.2 Å². The Morgan fingerprint density at radius 3 is 2.35 bits per heavy atom. The van der Waals surface area contributed by atoms with Crippen LogP contribution in [-0.2, 0) is 0 Å². The molecule has 0 aliphatic rings. The summed E-state index contributed by atoms with van der Waals surface area (Å²) in [4.78, 5) is 1.78. The Kier molecular flexibility index (Phi) is 5.88. The van der Waals surface area contributed by atoms with Gasteiger partial charge in [0.15, 0.2) is 0 Å². The van der Waals surface area contributed by atoms with E-state index in [0.717, 1.165) is 0 Å². The van der Waals surface area contributed by atoms with Crippen molar-refractivity contribution in [2.75, 3.05) is 0 Å². The zero-order chi connectivity index (χ0) is 14.7. The molecule has 3 atom stereocenters. The molecule has 0 saturated carbocycles. The molecule has 108 valence electrons. The standard InChI is InChI=1S/C17H20Br2S/c1-4-11(2)15(13-8-6-5-7-9-13)16(18)14-10-12(3)17(19)20-14/h5-11,15-16H,4H2,1-3H3. The Morgan fingerprint density at radius 2 is 1.85 bits per heavy atom. The van der Waals surface area contributed by atoms with Gasteiger partial charge < -0.3 is 0 Å². The molecular formula is C17H20Br2S. The van der Waals surface area contributed by atoms with Crippen LogP contribution in [0.5, 0.6) is 0 Å². The van der Waals surface area contributed by atoms with Crippen molar-refractivity contribution >= 4 is 43.2 Å². The average Bonchev–Trinajstić information content (AvgIpc) is 2.80. The zero-order valence-electron chi connectivity index (χ0n) is 12.1. The van der Waals surface area contributed by atoms with Gasteiger partial charge in [0.05, 0.1) is 8.61 Å². The van der Waals surface area contributed by atoms with Crippen molar-refractivity contribution < 1.29 is 0 Å². The first-order valence-corrected chi connectivity index (χ1v) is 9.52. The van der Waals surface area contributed by atoms with Crippen LogP contribution in [0.4, 0.5) is 0 Å². The molecule has 0 aliphatic carbocycles. The fraction of sp³-hybridized carbons (Fsp3) is 0.412. The van der Waals surface area contributed by atoms with E-state index in [1.165, 1.54) is 26.2 Å². The number of hydrogen-bond donors (Lipinski definition) is 0. The maximum atomic E-state index is 3.97. The summed E-state index contributed by atoms with van der Waals surface area (Å²) < 4.78 is 1.24. The molecule has 0 N–H and O–H groups in total. The monoisotopic (exact) mass is 414 g/mol. The quantitative estimate of drug-likeness (QED) is 0.457. The number of hydrogen-bond acceptors (Lipinski definition) is 1. The molecule has 0 radical (unpaired) electrons. The van der Waals surface area contributed by atoms with E-state index in [9.17, 15) is 0 Å². The van der Waals surface area contributed by atoms with Crippen LogP contribution in [0.25, 0.3) is 0 Å². The molecule has 0 spiro atoms. The van der Waals surface area contributed by atoms with Crippen molar-refractivity contribution in [2.45, 2.75) is 37.9 Å². The highest BCUT2D eigenvalue weighted by atomic mass is 79.9. The first-order valence-electron chi connectivity index (χ1n) is 6.99. The predicted octanol–water partition coefficient (Wildman–Crippen LogP) is 7.08. The molecular weight excluding hydrogens is 396 g/mol. The number of rotatable bonds is 5. The molecule has 0 nitrogen and oxygen atoms in total. The van der Waals surface area contributed by atoms with Crippen LogP contribution in [0.1, 0.15) is 47.0 Å². The Hall–Kier alpha value is -0.120. The molecule has 1 heterocycles. The summed E-state index contributed by atoms with van der Waals surface area (Å²) in [6.45, 7) is 6.78. The highest BCUT2D eigenvalue weighted by Gasteiger charge is 2.28. The van der Waals surface area contributed by atoms with Crippen molar-refractivity contribution in [3.63, 3.8) is 0 Å². The topological polar surface area (TPSA) is 0 Å². The lowest BCUT2D eigenvalue weighted by molar-refractivity contribution is 0.442. The summed E-state index contributed by atoms with van der Waals surface area (Å²) in [7, 11) is 0. The lowest BCUT2D eigenvalue weighted by Crippen LogP contribution is -2.14. The molecule has 0 bridgehead atoms. The van der Waals surface area contributed by atoms with E-state index in [1.807, 2.05) is 11.3 Å². The molecule has 2 aromatic rings. The van der Waals surface area contributed by atoms with E-state index in [2.05, 4.69) is 89.0 Å². The van der Waals surface area contributed by atoms with Crippen LogP contribution in [0.3, 0.4) is 0 Å². The van der Waals surface area contributed by atoms with E-state index in [0.29, 0.717) is 16.7 Å². The normalized spacial score (nSPS) is 15.8. The van der Waals surface area contributed by atoms with Crippen molar-refractivity contribution in [1.29, 1.82) is 0 Å². The van der Waals surface area contributed by atoms with Gasteiger partial charge >= 0.3 is 0 Å². The van der Waals surface area contributed by atoms with Crippen LogP contribution < -0.4 is 0 Å². The van der Waals surface area contributed by atoms with Crippen LogP contribution in [0, 0.1) is 12.8 Å². The van der Waals surface area contributed by atoms with E-state index < -0.39 is 0 Å². The van der Waals surface area contributed by atoms with Gasteiger partial charge in [-0.15, -0.1) is 11.3 Å². The average molecular weight is 416 g/mol. The van der Waals surface area contributed by atoms with Crippen LogP contribution in [0.2, 0.25) is 0 Å². The third kappa shape index (κ3) is 3.55. The molecule has 1 aromatic heterocycles. The summed E-state index contributed by atoms with van der Waals surface area (Å²) >= 11 is 9.45. The van der Waals surface area contributed by atoms with Crippen molar-refractivity contribution in [3.8, 4) is 0 Å². The van der Waals surface area contributed by atoms with E-state index in [1.54, 1.807) is 0 Å². The SMILES string of the molecule is CCC(C)C(c1ccccc1)C(Br)c1cc(C)c(Br)s1. The minimum atomic E-state index is 0.370. The second-order valence-electron chi connectivity index (χ2n) is 5.33. The van der Waals surface area contributed by atoms with E-state index in [4.69, 9.17) is 0 Å². The van der Waals surface area contributed by atoms with Crippen LogP contribution in [-0.4, -0.2) is 0 Å². The molecule has 3 heteroatoms. The summed E-state index contributed by atoms with van der Waals surface area (Å²) in [6.07, 6.45) is 1.19. The second-order valence-corrected chi connectivity index (χ2v) is 8.72. The van der Waals surface area contributed by atoms with Gasteiger partial charge in [-0.25, -0.2) is 0 Å². The first kappa shape index (κ1) is 16.3. The summed E-state index contributed by atoms with van der Waals surface area (Å²) in [6, 6.07) is 13.2. The first-order chi connectivity index (χ1) is 9.54. The van der Waals surface area contributed by atoms with E-state index in [-0.39, 0.29) is 0 Å². The number of benzene rings is 1. The third-order valence-corrected chi connectivity index (χ3v) is 7.49. The van der Waals surface area contributed by atoms with Gasteiger partial charge in [-0.3, -0.25) is 0 Å². The Labute approximate surface area is 142 Å². The van der Waals surface area contributed by atoms with Crippen molar-refractivity contribution in [1.82, 2.24) is 0 Å². The lowest BCUT2D eigenvalue weighted by Gasteiger charge is -2.28. The Bertz CT molecular complexity index is 528. The second kappa shape index (κ2) is 7.24. The fourth-order valence-corrected chi connectivity index (χ4v) is 5.35. The molecule has 1 aromatic carbocycles. The highest BCUT2D eigenvalue weighted by Crippen LogP contribution is 2.47. The molecule has 0 fully saturated rings. The van der Waals surface area contributed by atoms with Gasteiger partial charge in [0.1, 0.15) is 0 Å². The molecule has 0 aliphatic heterocycles. The number of thiophene rings is 1. The largest absolute Gasteiger partial charge is 0.132 e. The van der Waals surface area contributed by atoms with Gasteiger partial charge in [0.25, 0.3) is 0 Å². The molecule has 20 heavy (non-hydrogen) atoms. The van der Waals surface area contributed by atoms with Crippen LogP contribution >= 0.6 is 43.2 Å². The maximum absolute atomic E-state index is 3.97. The minimum absolute atomic E-state index is 0.370. The summed E-state index contributed by atoms with van der Waals surface area (Å²) in [5, 5.41) is 0. The van der Waals surface area contributed by atoms with Gasteiger partial charge in [0, 0.05) is 10.8 Å².